The lowest BCUT2D eigenvalue weighted by Crippen LogP contribution is -2.40. The normalized spacial score (nSPS) is 17.7. The van der Waals surface area contributed by atoms with Crippen molar-refractivity contribution < 1.29 is 22.8 Å². The van der Waals surface area contributed by atoms with Gasteiger partial charge in [-0.15, -0.1) is 12.4 Å². The summed E-state index contributed by atoms with van der Waals surface area (Å²) in [6, 6.07) is 0.451. The fourth-order valence-electron chi connectivity index (χ4n) is 1.95. The second-order valence-corrected chi connectivity index (χ2v) is 4.65. The van der Waals surface area contributed by atoms with E-state index in [9.17, 15) is 22.8 Å². The third-order valence-electron chi connectivity index (χ3n) is 2.88. The number of pyridine rings is 1. The van der Waals surface area contributed by atoms with E-state index in [0.29, 0.717) is 5.56 Å². The highest BCUT2D eigenvalue weighted by atomic mass is 35.5. The summed E-state index contributed by atoms with van der Waals surface area (Å²) >= 11 is 0. The van der Waals surface area contributed by atoms with Gasteiger partial charge in [-0.2, -0.15) is 13.2 Å². The lowest BCUT2D eigenvalue weighted by Gasteiger charge is -2.16. The van der Waals surface area contributed by atoms with E-state index in [1.54, 1.807) is 6.07 Å². The predicted octanol–water partition coefficient (Wildman–Crippen LogP) is 1.92. The largest absolute Gasteiger partial charge is 0.410 e. The zero-order valence-corrected chi connectivity index (χ0v) is 12.3. The number of alkyl halides is 3. The summed E-state index contributed by atoms with van der Waals surface area (Å²) < 4.78 is 37.7. The van der Waals surface area contributed by atoms with Crippen molar-refractivity contribution in [1.82, 2.24) is 15.2 Å². The van der Waals surface area contributed by atoms with Crippen LogP contribution in [0.5, 0.6) is 0 Å². The maximum Gasteiger partial charge on any atom is 0.410 e. The quantitative estimate of drug-likeness (QED) is 0.884. The highest BCUT2D eigenvalue weighted by molar-refractivity contribution is 5.87. The van der Waals surface area contributed by atoms with E-state index >= 15 is 0 Å². The molecule has 0 spiro atoms. The van der Waals surface area contributed by atoms with Crippen LogP contribution >= 0.6 is 12.4 Å². The van der Waals surface area contributed by atoms with Gasteiger partial charge in [0.2, 0.25) is 5.91 Å². The van der Waals surface area contributed by atoms with Crippen LogP contribution in [0.2, 0.25) is 0 Å². The maximum atomic E-state index is 12.6. The minimum atomic E-state index is -4.47. The van der Waals surface area contributed by atoms with E-state index in [2.05, 4.69) is 10.3 Å². The Labute approximate surface area is 130 Å². The number of hydrogen-bond acceptors (Lipinski definition) is 3. The average Bonchev–Trinajstić information content (AvgIpc) is 2.70. The van der Waals surface area contributed by atoms with E-state index in [-0.39, 0.29) is 30.7 Å². The van der Waals surface area contributed by atoms with Crippen LogP contribution in [-0.2, 0) is 11.3 Å². The van der Waals surface area contributed by atoms with Crippen LogP contribution in [0.15, 0.2) is 18.3 Å². The van der Waals surface area contributed by atoms with Gasteiger partial charge in [-0.25, -0.2) is 9.78 Å². The number of nitrogens with one attached hydrogen (secondary N) is 2. The average molecular weight is 339 g/mol. The number of carbonyl (C=O) groups excluding carboxylic acids is 2. The minimum absolute atomic E-state index is 0. The number of halogens is 4. The first kappa shape index (κ1) is 18.0. The van der Waals surface area contributed by atoms with Gasteiger partial charge in [0, 0.05) is 19.7 Å². The molecular weight excluding hydrogens is 325 g/mol. The fraction of sp³-hybridized carbons (Fsp3) is 0.417. The standard InChI is InChI=1S/C12H13F3N4O2.ClH/c1-7(20)17-10-4-8(2-3-16-10)5-19-6-9(12(13,14)15)18-11(19)21;/h2-4,9H,5-6H2,1H3,(H,18,21)(H,16,17,20);1H/t9-;/m0./s1. The highest BCUT2D eigenvalue weighted by Crippen LogP contribution is 2.25. The molecule has 10 heteroatoms. The van der Waals surface area contributed by atoms with Gasteiger partial charge in [0.05, 0.1) is 6.54 Å². The molecule has 1 atom stereocenters. The Morgan fingerprint density at radius 2 is 2.23 bits per heavy atom. The molecule has 0 saturated carbocycles. The lowest BCUT2D eigenvalue weighted by molar-refractivity contribution is -0.149. The Kier molecular flexibility index (Phi) is 5.59. The first-order chi connectivity index (χ1) is 9.75. The van der Waals surface area contributed by atoms with E-state index in [1.165, 1.54) is 19.2 Å². The number of anilines is 1. The summed E-state index contributed by atoms with van der Waals surface area (Å²) in [5, 5.41) is 4.35. The molecule has 122 valence electrons. The molecule has 0 aliphatic carbocycles. The van der Waals surface area contributed by atoms with Gasteiger partial charge in [-0.3, -0.25) is 4.79 Å². The molecule has 1 fully saturated rings. The van der Waals surface area contributed by atoms with E-state index in [4.69, 9.17) is 0 Å². The Morgan fingerprint density at radius 1 is 1.55 bits per heavy atom. The number of nitrogens with zero attached hydrogens (tertiary/aromatic N) is 2. The van der Waals surface area contributed by atoms with Crippen molar-refractivity contribution in [1.29, 1.82) is 0 Å². The zero-order chi connectivity index (χ0) is 15.6. The van der Waals surface area contributed by atoms with Gasteiger partial charge in [-0.05, 0) is 17.7 Å². The molecule has 3 amide bonds. The number of amides is 3. The molecule has 2 N–H and O–H groups in total. The van der Waals surface area contributed by atoms with Gasteiger partial charge in [0.15, 0.2) is 0 Å². The van der Waals surface area contributed by atoms with Crippen LogP contribution in [-0.4, -0.2) is 40.6 Å². The number of carbonyl (C=O) groups is 2. The minimum Gasteiger partial charge on any atom is -0.324 e. The second-order valence-electron chi connectivity index (χ2n) is 4.65. The van der Waals surface area contributed by atoms with Crippen LogP contribution in [0.25, 0.3) is 0 Å². The van der Waals surface area contributed by atoms with Crippen LogP contribution in [0, 0.1) is 0 Å². The Balaban J connectivity index is 0.00000242. The van der Waals surface area contributed by atoms with Crippen molar-refractivity contribution in [2.75, 3.05) is 11.9 Å². The molecule has 2 heterocycles. The first-order valence-corrected chi connectivity index (χ1v) is 6.10. The molecule has 0 radical (unpaired) electrons. The number of hydrogen-bond donors (Lipinski definition) is 2. The van der Waals surface area contributed by atoms with Crippen LogP contribution < -0.4 is 10.6 Å². The van der Waals surface area contributed by atoms with Gasteiger partial charge in [0.1, 0.15) is 11.9 Å². The van der Waals surface area contributed by atoms with Crippen molar-refractivity contribution in [2.45, 2.75) is 25.7 Å². The van der Waals surface area contributed by atoms with Gasteiger partial charge in [-0.1, -0.05) is 0 Å². The number of aromatic nitrogens is 1. The lowest BCUT2D eigenvalue weighted by atomic mass is 10.2. The topological polar surface area (TPSA) is 74.3 Å². The Morgan fingerprint density at radius 3 is 2.77 bits per heavy atom. The molecule has 1 aliphatic heterocycles. The van der Waals surface area contributed by atoms with Gasteiger partial charge in [0.25, 0.3) is 0 Å². The molecule has 0 bridgehead atoms. The second kappa shape index (κ2) is 6.82. The summed E-state index contributed by atoms with van der Waals surface area (Å²) in [6.07, 6.45) is -3.06. The van der Waals surface area contributed by atoms with Crippen molar-refractivity contribution in [3.05, 3.63) is 23.9 Å². The zero-order valence-electron chi connectivity index (χ0n) is 11.5. The van der Waals surface area contributed by atoms with E-state index in [0.717, 1.165) is 4.90 Å². The maximum absolute atomic E-state index is 12.6. The molecule has 1 saturated heterocycles. The van der Waals surface area contributed by atoms with Crippen LogP contribution in [0.1, 0.15) is 12.5 Å². The molecule has 1 aliphatic rings. The molecular formula is C12H14ClF3N4O2. The molecule has 1 aromatic heterocycles. The molecule has 1 aromatic rings. The summed E-state index contributed by atoms with van der Waals surface area (Å²) in [4.78, 5) is 27.4. The van der Waals surface area contributed by atoms with Crippen LogP contribution in [0.3, 0.4) is 0 Å². The first-order valence-electron chi connectivity index (χ1n) is 6.10. The van der Waals surface area contributed by atoms with Gasteiger partial charge < -0.3 is 15.5 Å². The summed E-state index contributed by atoms with van der Waals surface area (Å²) in [6.45, 7) is 0.879. The number of rotatable bonds is 3. The highest BCUT2D eigenvalue weighted by Gasteiger charge is 2.46. The van der Waals surface area contributed by atoms with Crippen molar-refractivity contribution in [3.8, 4) is 0 Å². The van der Waals surface area contributed by atoms with Crippen molar-refractivity contribution in [2.24, 2.45) is 0 Å². The third kappa shape index (κ3) is 4.48. The molecule has 22 heavy (non-hydrogen) atoms. The summed E-state index contributed by atoms with van der Waals surface area (Å²) in [7, 11) is 0. The number of urea groups is 1. The third-order valence-corrected chi connectivity index (χ3v) is 2.88. The Hall–Kier alpha value is -2.03. The molecule has 6 nitrogen and oxygen atoms in total. The predicted molar refractivity (Wildman–Crippen MR) is 74.6 cm³/mol. The molecule has 0 aromatic carbocycles. The smallest absolute Gasteiger partial charge is 0.324 e. The fourth-order valence-corrected chi connectivity index (χ4v) is 1.95. The van der Waals surface area contributed by atoms with Crippen molar-refractivity contribution >= 4 is 30.2 Å². The van der Waals surface area contributed by atoms with Crippen LogP contribution in [0.4, 0.5) is 23.8 Å². The van der Waals surface area contributed by atoms with E-state index < -0.39 is 24.8 Å². The summed E-state index contributed by atoms with van der Waals surface area (Å²) in [5.41, 5.74) is 0.576. The monoisotopic (exact) mass is 338 g/mol. The van der Waals surface area contributed by atoms with Crippen molar-refractivity contribution in [3.63, 3.8) is 0 Å². The van der Waals surface area contributed by atoms with Gasteiger partial charge >= 0.3 is 12.2 Å². The molecule has 0 unspecified atom stereocenters. The Bertz CT molecular complexity index is 568. The SMILES string of the molecule is CC(=O)Nc1cc(CN2C[C@@H](C(F)(F)F)NC2=O)ccn1.Cl. The van der Waals surface area contributed by atoms with E-state index in [1.807, 2.05) is 5.32 Å². The summed E-state index contributed by atoms with van der Waals surface area (Å²) in [5.74, 6) is -0.0253. The molecule has 2 rings (SSSR count).